The highest BCUT2D eigenvalue weighted by Crippen LogP contribution is 2.15. The summed E-state index contributed by atoms with van der Waals surface area (Å²) in [6.07, 6.45) is 1.14. The van der Waals surface area contributed by atoms with E-state index >= 15 is 0 Å². The number of rotatable bonds is 11. The van der Waals surface area contributed by atoms with Gasteiger partial charge in [-0.1, -0.05) is 26.0 Å². The molecule has 32 heavy (non-hydrogen) atoms. The second-order valence-electron chi connectivity index (χ2n) is 8.73. The van der Waals surface area contributed by atoms with Crippen LogP contribution in [-0.4, -0.2) is 87.8 Å². The van der Waals surface area contributed by atoms with Crippen LogP contribution in [0, 0.1) is 5.92 Å². The van der Waals surface area contributed by atoms with Crippen molar-refractivity contribution in [2.45, 2.75) is 39.8 Å². The van der Waals surface area contributed by atoms with E-state index in [1.165, 1.54) is 4.90 Å². The molecule has 2 rings (SSSR count). The number of ether oxygens (including phenoxy) is 2. The topological polar surface area (TPSA) is 78.4 Å². The Morgan fingerprint density at radius 1 is 1.25 bits per heavy atom. The van der Waals surface area contributed by atoms with Crippen molar-refractivity contribution in [1.29, 1.82) is 0 Å². The molecule has 1 aromatic rings. The fourth-order valence-corrected chi connectivity index (χ4v) is 3.58. The van der Waals surface area contributed by atoms with Crippen LogP contribution in [0.1, 0.15) is 32.8 Å². The van der Waals surface area contributed by atoms with Crippen molar-refractivity contribution in [2.24, 2.45) is 10.9 Å². The van der Waals surface area contributed by atoms with Gasteiger partial charge in [0, 0.05) is 46.3 Å². The highest BCUT2D eigenvalue weighted by Gasteiger charge is 2.22. The molecule has 1 aliphatic heterocycles. The van der Waals surface area contributed by atoms with Crippen molar-refractivity contribution in [2.75, 3.05) is 60.1 Å². The van der Waals surface area contributed by atoms with Crippen LogP contribution in [0.2, 0.25) is 0 Å². The van der Waals surface area contributed by atoms with E-state index < -0.39 is 0 Å². The van der Waals surface area contributed by atoms with E-state index in [2.05, 4.69) is 36.3 Å². The summed E-state index contributed by atoms with van der Waals surface area (Å²) in [5, 5.41) is 6.88. The van der Waals surface area contributed by atoms with E-state index in [1.807, 2.05) is 24.3 Å². The molecule has 1 amide bonds. The van der Waals surface area contributed by atoms with E-state index in [1.54, 1.807) is 14.1 Å². The maximum absolute atomic E-state index is 11.7. The Hall–Kier alpha value is -2.32. The molecule has 0 aromatic heterocycles. The van der Waals surface area contributed by atoms with Gasteiger partial charge in [0.15, 0.2) is 12.6 Å². The number of aliphatic imine (C=N–C) groups is 1. The maximum Gasteiger partial charge on any atom is 0.259 e. The molecular weight excluding hydrogens is 406 g/mol. The number of amides is 1. The molecule has 1 heterocycles. The maximum atomic E-state index is 11.7. The van der Waals surface area contributed by atoms with Gasteiger partial charge < -0.3 is 25.0 Å². The van der Waals surface area contributed by atoms with Gasteiger partial charge in [0.25, 0.3) is 5.91 Å². The molecular formula is C24H41N5O3. The Bertz CT molecular complexity index is 717. The molecule has 1 saturated heterocycles. The van der Waals surface area contributed by atoms with Gasteiger partial charge in [0.1, 0.15) is 5.75 Å². The molecule has 1 fully saturated rings. The zero-order valence-corrected chi connectivity index (χ0v) is 20.4. The molecule has 0 spiro atoms. The fourth-order valence-electron chi connectivity index (χ4n) is 3.58. The quantitative estimate of drug-likeness (QED) is 0.399. The normalized spacial score (nSPS) is 16.0. The van der Waals surface area contributed by atoms with Crippen molar-refractivity contribution in [3.63, 3.8) is 0 Å². The van der Waals surface area contributed by atoms with Gasteiger partial charge in [0.2, 0.25) is 0 Å². The number of hydrogen-bond donors (Lipinski definition) is 2. The first-order valence-corrected chi connectivity index (χ1v) is 11.6. The van der Waals surface area contributed by atoms with E-state index in [0.29, 0.717) is 24.3 Å². The minimum Gasteiger partial charge on any atom is -0.484 e. The van der Waals surface area contributed by atoms with Crippen LogP contribution in [0.15, 0.2) is 29.3 Å². The Morgan fingerprint density at radius 2 is 2.00 bits per heavy atom. The molecule has 0 bridgehead atoms. The number of nitrogens with zero attached hydrogens (tertiary/aromatic N) is 3. The monoisotopic (exact) mass is 447 g/mol. The summed E-state index contributed by atoms with van der Waals surface area (Å²) in [5.41, 5.74) is 1.03. The van der Waals surface area contributed by atoms with E-state index in [9.17, 15) is 4.79 Å². The standard InChI is InChI=1S/C24H41N5O3/c1-6-25-24(27-17-21(14-19(2)3)29-10-12-31-13-11-29)26-16-20-8-7-9-22(15-20)32-18-23(30)28(4)5/h7-9,15,19,21H,6,10-14,16-18H2,1-5H3,(H2,25,26,27). The van der Waals surface area contributed by atoms with Gasteiger partial charge >= 0.3 is 0 Å². The van der Waals surface area contributed by atoms with Gasteiger partial charge in [-0.05, 0) is 37.0 Å². The lowest BCUT2D eigenvalue weighted by molar-refractivity contribution is -0.130. The average molecular weight is 448 g/mol. The molecule has 0 aliphatic carbocycles. The van der Waals surface area contributed by atoms with Crippen LogP contribution in [0.5, 0.6) is 5.75 Å². The van der Waals surface area contributed by atoms with Crippen molar-refractivity contribution < 1.29 is 14.3 Å². The first-order valence-electron chi connectivity index (χ1n) is 11.6. The predicted octanol–water partition coefficient (Wildman–Crippen LogP) is 1.96. The number of nitrogens with one attached hydrogen (secondary N) is 2. The zero-order valence-electron chi connectivity index (χ0n) is 20.4. The van der Waals surface area contributed by atoms with Crippen LogP contribution in [0.25, 0.3) is 0 Å². The highest BCUT2D eigenvalue weighted by atomic mass is 16.5. The zero-order chi connectivity index (χ0) is 23.3. The summed E-state index contributed by atoms with van der Waals surface area (Å²) in [6, 6.07) is 8.19. The smallest absolute Gasteiger partial charge is 0.259 e. The summed E-state index contributed by atoms with van der Waals surface area (Å²) < 4.78 is 11.1. The number of carbonyl (C=O) groups is 1. The summed E-state index contributed by atoms with van der Waals surface area (Å²) in [6.45, 7) is 12.4. The first-order chi connectivity index (χ1) is 15.4. The molecule has 1 unspecified atom stereocenters. The summed E-state index contributed by atoms with van der Waals surface area (Å²) in [4.78, 5) is 20.6. The van der Waals surface area contributed by atoms with Crippen LogP contribution >= 0.6 is 0 Å². The Kier molecular flexibility index (Phi) is 11.3. The molecule has 1 aliphatic rings. The fraction of sp³-hybridized carbons (Fsp3) is 0.667. The number of likely N-dealkylation sites (N-methyl/N-ethyl adjacent to an activating group) is 1. The second kappa shape index (κ2) is 14.0. The molecule has 1 atom stereocenters. The Balaban J connectivity index is 1.96. The average Bonchev–Trinajstić information content (AvgIpc) is 2.78. The van der Waals surface area contributed by atoms with Gasteiger partial charge in [-0.15, -0.1) is 0 Å². The van der Waals surface area contributed by atoms with E-state index in [-0.39, 0.29) is 12.5 Å². The summed E-state index contributed by atoms with van der Waals surface area (Å²) in [7, 11) is 3.44. The van der Waals surface area contributed by atoms with E-state index in [4.69, 9.17) is 14.5 Å². The largest absolute Gasteiger partial charge is 0.484 e. The van der Waals surface area contributed by atoms with Gasteiger partial charge in [-0.2, -0.15) is 0 Å². The van der Waals surface area contributed by atoms with E-state index in [0.717, 1.165) is 57.3 Å². The molecule has 180 valence electrons. The van der Waals surface area contributed by atoms with Crippen molar-refractivity contribution in [1.82, 2.24) is 20.4 Å². The van der Waals surface area contributed by atoms with Crippen LogP contribution in [0.4, 0.5) is 0 Å². The second-order valence-corrected chi connectivity index (χ2v) is 8.73. The lowest BCUT2D eigenvalue weighted by Crippen LogP contribution is -2.51. The van der Waals surface area contributed by atoms with Crippen molar-refractivity contribution in [3.05, 3.63) is 29.8 Å². The first kappa shape index (κ1) is 25.9. The molecule has 0 saturated carbocycles. The summed E-state index contributed by atoms with van der Waals surface area (Å²) in [5.74, 6) is 2.05. The lowest BCUT2D eigenvalue weighted by atomic mass is 10.0. The SMILES string of the molecule is CCNC(=NCc1cccc(OCC(=O)N(C)C)c1)NCC(CC(C)C)N1CCOCC1. The summed E-state index contributed by atoms with van der Waals surface area (Å²) >= 11 is 0. The number of carbonyl (C=O) groups excluding carboxylic acids is 1. The van der Waals surface area contributed by atoms with Crippen molar-refractivity contribution in [3.8, 4) is 5.75 Å². The van der Waals surface area contributed by atoms with Crippen molar-refractivity contribution >= 4 is 11.9 Å². The van der Waals surface area contributed by atoms with Crippen LogP contribution in [-0.2, 0) is 16.1 Å². The Morgan fingerprint density at radius 3 is 2.66 bits per heavy atom. The molecule has 8 nitrogen and oxygen atoms in total. The molecule has 1 aromatic carbocycles. The third-order valence-corrected chi connectivity index (χ3v) is 5.33. The van der Waals surface area contributed by atoms with Crippen LogP contribution < -0.4 is 15.4 Å². The van der Waals surface area contributed by atoms with Gasteiger partial charge in [-0.25, -0.2) is 4.99 Å². The number of benzene rings is 1. The minimum atomic E-state index is -0.0664. The lowest BCUT2D eigenvalue weighted by Gasteiger charge is -2.35. The number of morpholine rings is 1. The third-order valence-electron chi connectivity index (χ3n) is 5.33. The highest BCUT2D eigenvalue weighted by molar-refractivity contribution is 5.79. The number of guanidine groups is 1. The van der Waals surface area contributed by atoms with Crippen LogP contribution in [0.3, 0.4) is 0 Å². The van der Waals surface area contributed by atoms with Gasteiger partial charge in [-0.3, -0.25) is 9.69 Å². The molecule has 2 N–H and O–H groups in total. The third kappa shape index (κ3) is 9.44. The number of hydrogen-bond acceptors (Lipinski definition) is 5. The molecule has 8 heteroatoms. The predicted molar refractivity (Wildman–Crippen MR) is 129 cm³/mol. The Labute approximate surface area is 193 Å². The minimum absolute atomic E-state index is 0.0305. The van der Waals surface area contributed by atoms with Gasteiger partial charge in [0.05, 0.1) is 19.8 Å². The molecule has 0 radical (unpaired) electrons.